The Morgan fingerprint density at radius 1 is 0.793 bits per heavy atom. The van der Waals surface area contributed by atoms with Crippen LogP contribution in [0, 0.1) is 13.8 Å². The van der Waals surface area contributed by atoms with Gasteiger partial charge < -0.3 is 15.5 Å². The van der Waals surface area contributed by atoms with E-state index in [4.69, 9.17) is 0 Å². The number of benzene rings is 3. The van der Waals surface area contributed by atoms with Crippen LogP contribution in [0.4, 0.5) is 17.1 Å². The van der Waals surface area contributed by atoms with Gasteiger partial charge in [0.2, 0.25) is 0 Å². The number of nitrogens with zero attached hydrogens (tertiary/aromatic N) is 1. The van der Waals surface area contributed by atoms with E-state index in [1.807, 2.05) is 30.3 Å². The third-order valence-corrected chi connectivity index (χ3v) is 4.84. The molecule has 5 heteroatoms. The highest BCUT2D eigenvalue weighted by molar-refractivity contribution is 6.08. The maximum absolute atomic E-state index is 12.9. The number of nitrogens with one attached hydrogen (secondary N) is 2. The Kier molecular flexibility index (Phi) is 5.98. The third kappa shape index (κ3) is 4.63. The van der Waals surface area contributed by atoms with E-state index in [2.05, 4.69) is 30.5 Å². The van der Waals surface area contributed by atoms with E-state index in [1.165, 1.54) is 10.5 Å². The number of para-hydroxylation sites is 1. The molecule has 0 heterocycles. The normalized spacial score (nSPS) is 10.3. The van der Waals surface area contributed by atoms with Crippen molar-refractivity contribution in [1.29, 1.82) is 0 Å². The van der Waals surface area contributed by atoms with Gasteiger partial charge in [0.15, 0.2) is 0 Å². The van der Waals surface area contributed by atoms with Crippen LogP contribution in [0.2, 0.25) is 0 Å². The van der Waals surface area contributed by atoms with E-state index in [9.17, 15) is 9.59 Å². The molecule has 5 nitrogen and oxygen atoms in total. The Hall–Kier alpha value is -3.60. The van der Waals surface area contributed by atoms with Crippen LogP contribution in [0.3, 0.4) is 0 Å². The lowest BCUT2D eigenvalue weighted by Crippen LogP contribution is -2.21. The molecule has 148 valence electrons. The Morgan fingerprint density at radius 3 is 2.14 bits per heavy atom. The first-order chi connectivity index (χ1) is 13.9. The average Bonchev–Trinajstić information content (AvgIpc) is 2.71. The molecule has 3 rings (SSSR count). The summed E-state index contributed by atoms with van der Waals surface area (Å²) in [5, 5.41) is 6.28. The van der Waals surface area contributed by atoms with Crippen LogP contribution in [0.15, 0.2) is 66.7 Å². The minimum absolute atomic E-state index is 0.0778. The Bertz CT molecular complexity index is 1040. The van der Waals surface area contributed by atoms with Crippen molar-refractivity contribution in [3.63, 3.8) is 0 Å². The number of carbonyl (C=O) groups excluding carboxylic acids is 2. The SMILES string of the molecule is Cc1cccc(Nc2ccccc2C(=O)Nc2ccc(C(=O)N(C)C)cc2)c1C. The Labute approximate surface area is 171 Å². The molecule has 0 bridgehead atoms. The third-order valence-electron chi connectivity index (χ3n) is 4.84. The van der Waals surface area contributed by atoms with Gasteiger partial charge in [0.25, 0.3) is 11.8 Å². The number of aryl methyl sites for hydroxylation is 1. The molecule has 0 radical (unpaired) electrons. The zero-order valence-electron chi connectivity index (χ0n) is 17.1. The predicted octanol–water partition coefficient (Wildman–Crippen LogP) is 5.00. The summed E-state index contributed by atoms with van der Waals surface area (Å²) < 4.78 is 0. The number of carbonyl (C=O) groups is 2. The fraction of sp³-hybridized carbons (Fsp3) is 0.167. The molecule has 2 amide bonds. The molecule has 2 N–H and O–H groups in total. The molecule has 0 aromatic heterocycles. The van der Waals surface area contributed by atoms with Gasteiger partial charge in [-0.3, -0.25) is 9.59 Å². The number of anilines is 3. The quantitative estimate of drug-likeness (QED) is 0.647. The van der Waals surface area contributed by atoms with Crippen LogP contribution in [-0.4, -0.2) is 30.8 Å². The minimum Gasteiger partial charge on any atom is -0.355 e. The van der Waals surface area contributed by atoms with Crippen molar-refractivity contribution < 1.29 is 9.59 Å². The molecule has 0 aliphatic rings. The van der Waals surface area contributed by atoms with E-state index in [0.717, 1.165) is 16.9 Å². The molecule has 29 heavy (non-hydrogen) atoms. The topological polar surface area (TPSA) is 61.4 Å². The van der Waals surface area contributed by atoms with Crippen molar-refractivity contribution >= 4 is 28.9 Å². The van der Waals surface area contributed by atoms with Crippen molar-refractivity contribution in [2.75, 3.05) is 24.7 Å². The summed E-state index contributed by atoms with van der Waals surface area (Å²) in [7, 11) is 3.41. The fourth-order valence-corrected chi connectivity index (χ4v) is 2.97. The first-order valence-electron chi connectivity index (χ1n) is 9.42. The van der Waals surface area contributed by atoms with Crippen molar-refractivity contribution in [2.45, 2.75) is 13.8 Å². The molecule has 0 saturated heterocycles. The highest BCUT2D eigenvalue weighted by Crippen LogP contribution is 2.26. The summed E-state index contributed by atoms with van der Waals surface area (Å²) >= 11 is 0. The number of hydrogen-bond acceptors (Lipinski definition) is 3. The fourth-order valence-electron chi connectivity index (χ4n) is 2.97. The summed E-state index contributed by atoms with van der Waals surface area (Å²) in [6.45, 7) is 4.11. The first-order valence-corrected chi connectivity index (χ1v) is 9.42. The van der Waals surface area contributed by atoms with Gasteiger partial charge in [-0.05, 0) is 67.4 Å². The smallest absolute Gasteiger partial charge is 0.257 e. The first kappa shape index (κ1) is 20.1. The predicted molar refractivity (Wildman–Crippen MR) is 118 cm³/mol. The molecule has 0 unspecified atom stereocenters. The molecule has 0 aliphatic carbocycles. The summed E-state index contributed by atoms with van der Waals surface area (Å²) in [6, 6.07) is 20.3. The number of amides is 2. The van der Waals surface area contributed by atoms with Gasteiger partial charge in [-0.25, -0.2) is 0 Å². The van der Waals surface area contributed by atoms with Crippen molar-refractivity contribution in [1.82, 2.24) is 4.90 Å². The van der Waals surface area contributed by atoms with Crippen LogP contribution in [0.1, 0.15) is 31.8 Å². The highest BCUT2D eigenvalue weighted by atomic mass is 16.2. The second-order valence-corrected chi connectivity index (χ2v) is 7.15. The highest BCUT2D eigenvalue weighted by Gasteiger charge is 2.13. The molecule has 0 spiro atoms. The lowest BCUT2D eigenvalue weighted by atomic mass is 10.1. The maximum atomic E-state index is 12.9. The zero-order chi connectivity index (χ0) is 21.0. The molecule has 0 atom stereocenters. The Balaban J connectivity index is 1.80. The lowest BCUT2D eigenvalue weighted by molar-refractivity contribution is 0.0827. The standard InChI is InChI=1S/C24H25N3O2/c1-16-8-7-11-21(17(16)2)26-22-10-6-5-9-20(22)23(28)25-19-14-12-18(13-15-19)24(29)27(3)4/h5-15,26H,1-4H3,(H,25,28). The van der Waals surface area contributed by atoms with E-state index >= 15 is 0 Å². The van der Waals surface area contributed by atoms with Gasteiger partial charge in [0.1, 0.15) is 0 Å². The molecule has 0 saturated carbocycles. The van der Waals surface area contributed by atoms with Crippen LogP contribution >= 0.6 is 0 Å². The number of rotatable bonds is 5. The molecule has 3 aromatic rings. The van der Waals surface area contributed by atoms with Gasteiger partial charge >= 0.3 is 0 Å². The van der Waals surface area contributed by atoms with E-state index in [-0.39, 0.29) is 11.8 Å². The molecular weight excluding hydrogens is 362 g/mol. The Morgan fingerprint density at radius 2 is 1.45 bits per heavy atom. The minimum atomic E-state index is -0.218. The molecule has 0 aliphatic heterocycles. The zero-order valence-corrected chi connectivity index (χ0v) is 17.1. The van der Waals surface area contributed by atoms with Crippen LogP contribution in [0.5, 0.6) is 0 Å². The van der Waals surface area contributed by atoms with E-state index < -0.39 is 0 Å². The summed E-state index contributed by atoms with van der Waals surface area (Å²) in [4.78, 5) is 26.4. The van der Waals surface area contributed by atoms with Crippen molar-refractivity contribution in [3.05, 3.63) is 89.0 Å². The van der Waals surface area contributed by atoms with Gasteiger partial charge in [-0.2, -0.15) is 0 Å². The summed E-state index contributed by atoms with van der Waals surface area (Å²) in [5.41, 5.74) is 5.78. The van der Waals surface area contributed by atoms with E-state index in [0.29, 0.717) is 16.8 Å². The summed E-state index contributed by atoms with van der Waals surface area (Å²) in [6.07, 6.45) is 0. The van der Waals surface area contributed by atoms with Gasteiger partial charge in [0, 0.05) is 31.0 Å². The van der Waals surface area contributed by atoms with Gasteiger partial charge in [0.05, 0.1) is 11.3 Å². The largest absolute Gasteiger partial charge is 0.355 e. The van der Waals surface area contributed by atoms with Crippen molar-refractivity contribution in [2.24, 2.45) is 0 Å². The number of hydrogen-bond donors (Lipinski definition) is 2. The monoisotopic (exact) mass is 387 g/mol. The molecule has 3 aromatic carbocycles. The molecule has 0 fully saturated rings. The van der Waals surface area contributed by atoms with Crippen molar-refractivity contribution in [3.8, 4) is 0 Å². The van der Waals surface area contributed by atoms with Gasteiger partial charge in [-0.1, -0.05) is 24.3 Å². The maximum Gasteiger partial charge on any atom is 0.257 e. The van der Waals surface area contributed by atoms with Crippen LogP contribution in [0.25, 0.3) is 0 Å². The van der Waals surface area contributed by atoms with Gasteiger partial charge in [-0.15, -0.1) is 0 Å². The van der Waals surface area contributed by atoms with Crippen LogP contribution < -0.4 is 10.6 Å². The second-order valence-electron chi connectivity index (χ2n) is 7.15. The molecular formula is C24H25N3O2. The lowest BCUT2D eigenvalue weighted by Gasteiger charge is -2.15. The second kappa shape index (κ2) is 8.61. The summed E-state index contributed by atoms with van der Waals surface area (Å²) in [5.74, 6) is -0.295. The van der Waals surface area contributed by atoms with E-state index in [1.54, 1.807) is 44.4 Å². The average molecular weight is 387 g/mol. The van der Waals surface area contributed by atoms with Crippen LogP contribution in [-0.2, 0) is 0 Å².